The van der Waals surface area contributed by atoms with Gasteiger partial charge in [-0.3, -0.25) is 0 Å². The molecule has 0 amide bonds. The molecule has 78 valence electrons. The van der Waals surface area contributed by atoms with E-state index in [4.69, 9.17) is 5.73 Å². The van der Waals surface area contributed by atoms with Gasteiger partial charge in [-0.25, -0.2) is 9.97 Å². The van der Waals surface area contributed by atoms with Crippen molar-refractivity contribution in [2.24, 2.45) is 5.73 Å². The molecule has 4 nitrogen and oxygen atoms in total. The second-order valence-corrected chi connectivity index (χ2v) is 3.23. The standard InChI is InChI=1S/C10H18N4/c1-2-4-9-7-13-10(14-8-9)12-6-3-5-11/h7-8H,2-6,11H2,1H3,(H,12,13,14). The maximum absolute atomic E-state index is 5.38. The molecule has 0 aromatic carbocycles. The highest BCUT2D eigenvalue weighted by atomic mass is 15.1. The van der Waals surface area contributed by atoms with E-state index >= 15 is 0 Å². The van der Waals surface area contributed by atoms with Crippen LogP contribution in [-0.4, -0.2) is 23.1 Å². The second kappa shape index (κ2) is 6.32. The Balaban J connectivity index is 2.38. The van der Waals surface area contributed by atoms with Gasteiger partial charge in [0, 0.05) is 18.9 Å². The van der Waals surface area contributed by atoms with Gasteiger partial charge < -0.3 is 11.1 Å². The van der Waals surface area contributed by atoms with Crippen LogP contribution in [0.1, 0.15) is 25.3 Å². The van der Waals surface area contributed by atoms with E-state index in [1.54, 1.807) is 0 Å². The molecule has 0 saturated heterocycles. The predicted octanol–water partition coefficient (Wildman–Crippen LogP) is 1.19. The van der Waals surface area contributed by atoms with Gasteiger partial charge in [-0.05, 0) is 24.9 Å². The van der Waals surface area contributed by atoms with Gasteiger partial charge in [0.1, 0.15) is 0 Å². The number of rotatable bonds is 6. The SMILES string of the molecule is CCCc1cnc(NCCCN)nc1. The van der Waals surface area contributed by atoms with E-state index in [2.05, 4.69) is 22.2 Å². The zero-order valence-electron chi connectivity index (χ0n) is 8.66. The van der Waals surface area contributed by atoms with Gasteiger partial charge in [0.15, 0.2) is 0 Å². The predicted molar refractivity (Wildman–Crippen MR) is 58.2 cm³/mol. The molecule has 1 aromatic heterocycles. The molecule has 0 spiro atoms. The highest BCUT2D eigenvalue weighted by Crippen LogP contribution is 2.02. The summed E-state index contributed by atoms with van der Waals surface area (Å²) in [6.07, 6.45) is 6.87. The van der Waals surface area contributed by atoms with Crippen LogP contribution in [0, 0.1) is 0 Å². The third-order valence-corrected chi connectivity index (χ3v) is 1.91. The van der Waals surface area contributed by atoms with Gasteiger partial charge in [0.2, 0.25) is 5.95 Å². The van der Waals surface area contributed by atoms with Crippen LogP contribution in [0.4, 0.5) is 5.95 Å². The average molecular weight is 194 g/mol. The number of anilines is 1. The molecule has 1 aromatic rings. The average Bonchev–Trinajstić information content (AvgIpc) is 2.21. The fraction of sp³-hybridized carbons (Fsp3) is 0.600. The van der Waals surface area contributed by atoms with E-state index in [0.717, 1.165) is 25.8 Å². The summed E-state index contributed by atoms with van der Waals surface area (Å²) in [5, 5.41) is 3.11. The third kappa shape index (κ3) is 3.70. The minimum atomic E-state index is 0.693. The molecule has 0 unspecified atom stereocenters. The van der Waals surface area contributed by atoms with Crippen molar-refractivity contribution < 1.29 is 0 Å². The number of nitrogens with zero attached hydrogens (tertiary/aromatic N) is 2. The highest BCUT2D eigenvalue weighted by molar-refractivity contribution is 5.24. The van der Waals surface area contributed by atoms with Crippen LogP contribution in [0.2, 0.25) is 0 Å². The van der Waals surface area contributed by atoms with Crippen LogP contribution in [0.3, 0.4) is 0 Å². The maximum atomic E-state index is 5.38. The van der Waals surface area contributed by atoms with Crippen molar-refractivity contribution in [2.45, 2.75) is 26.2 Å². The Morgan fingerprint density at radius 1 is 1.36 bits per heavy atom. The first kappa shape index (κ1) is 10.9. The number of nitrogens with two attached hydrogens (primary N) is 1. The summed E-state index contributed by atoms with van der Waals surface area (Å²) < 4.78 is 0. The van der Waals surface area contributed by atoms with Crippen molar-refractivity contribution in [1.82, 2.24) is 9.97 Å². The summed E-state index contributed by atoms with van der Waals surface area (Å²) >= 11 is 0. The van der Waals surface area contributed by atoms with Crippen molar-refractivity contribution in [2.75, 3.05) is 18.4 Å². The monoisotopic (exact) mass is 194 g/mol. The van der Waals surface area contributed by atoms with E-state index in [9.17, 15) is 0 Å². The van der Waals surface area contributed by atoms with Gasteiger partial charge >= 0.3 is 0 Å². The fourth-order valence-electron chi connectivity index (χ4n) is 1.17. The Labute approximate surface area is 85.0 Å². The summed E-state index contributed by atoms with van der Waals surface area (Å²) in [4.78, 5) is 8.41. The minimum Gasteiger partial charge on any atom is -0.354 e. The molecule has 0 aliphatic heterocycles. The Morgan fingerprint density at radius 3 is 2.64 bits per heavy atom. The van der Waals surface area contributed by atoms with Crippen LogP contribution >= 0.6 is 0 Å². The van der Waals surface area contributed by atoms with E-state index < -0.39 is 0 Å². The summed E-state index contributed by atoms with van der Waals surface area (Å²) in [6.45, 7) is 3.68. The maximum Gasteiger partial charge on any atom is 0.222 e. The Morgan fingerprint density at radius 2 is 2.07 bits per heavy atom. The van der Waals surface area contributed by atoms with Crippen LogP contribution in [0.25, 0.3) is 0 Å². The quantitative estimate of drug-likeness (QED) is 0.668. The topological polar surface area (TPSA) is 63.8 Å². The molecule has 3 N–H and O–H groups in total. The van der Waals surface area contributed by atoms with Crippen molar-refractivity contribution >= 4 is 5.95 Å². The van der Waals surface area contributed by atoms with Crippen molar-refractivity contribution in [3.63, 3.8) is 0 Å². The van der Waals surface area contributed by atoms with Crippen LogP contribution in [0.15, 0.2) is 12.4 Å². The number of hydrogen-bond donors (Lipinski definition) is 2. The molecular formula is C10H18N4. The zero-order valence-corrected chi connectivity index (χ0v) is 8.66. The molecule has 4 heteroatoms. The van der Waals surface area contributed by atoms with Gasteiger partial charge in [-0.2, -0.15) is 0 Å². The lowest BCUT2D eigenvalue weighted by Gasteiger charge is -2.03. The third-order valence-electron chi connectivity index (χ3n) is 1.91. The molecule has 0 fully saturated rings. The van der Waals surface area contributed by atoms with Crippen molar-refractivity contribution in [3.8, 4) is 0 Å². The van der Waals surface area contributed by atoms with Gasteiger partial charge in [-0.1, -0.05) is 13.3 Å². The first-order valence-electron chi connectivity index (χ1n) is 5.11. The Kier molecular flexibility index (Phi) is 4.93. The van der Waals surface area contributed by atoms with Gasteiger partial charge in [-0.15, -0.1) is 0 Å². The Hall–Kier alpha value is -1.16. The zero-order chi connectivity index (χ0) is 10.2. The molecule has 0 aliphatic rings. The number of nitrogens with one attached hydrogen (secondary N) is 1. The molecular weight excluding hydrogens is 176 g/mol. The molecule has 0 radical (unpaired) electrons. The molecule has 1 rings (SSSR count). The summed E-state index contributed by atoms with van der Waals surface area (Å²) in [5.74, 6) is 0.693. The second-order valence-electron chi connectivity index (χ2n) is 3.23. The molecule has 1 heterocycles. The summed E-state index contributed by atoms with van der Waals surface area (Å²) in [7, 11) is 0. The van der Waals surface area contributed by atoms with Crippen molar-refractivity contribution in [3.05, 3.63) is 18.0 Å². The largest absolute Gasteiger partial charge is 0.354 e. The molecule has 0 bridgehead atoms. The molecule has 0 aliphatic carbocycles. The van der Waals surface area contributed by atoms with E-state index in [1.165, 1.54) is 5.56 Å². The lowest BCUT2D eigenvalue weighted by atomic mass is 10.2. The van der Waals surface area contributed by atoms with Crippen LogP contribution in [-0.2, 0) is 6.42 Å². The first-order valence-corrected chi connectivity index (χ1v) is 5.11. The summed E-state index contributed by atoms with van der Waals surface area (Å²) in [6, 6.07) is 0. The normalized spacial score (nSPS) is 10.1. The van der Waals surface area contributed by atoms with Crippen molar-refractivity contribution in [1.29, 1.82) is 0 Å². The first-order chi connectivity index (χ1) is 6.86. The highest BCUT2D eigenvalue weighted by Gasteiger charge is 1.95. The van der Waals surface area contributed by atoms with E-state index in [0.29, 0.717) is 12.5 Å². The van der Waals surface area contributed by atoms with Gasteiger partial charge in [0.05, 0.1) is 0 Å². The number of aryl methyl sites for hydroxylation is 1. The van der Waals surface area contributed by atoms with Crippen LogP contribution < -0.4 is 11.1 Å². The molecule has 14 heavy (non-hydrogen) atoms. The Bertz CT molecular complexity index is 245. The van der Waals surface area contributed by atoms with Crippen LogP contribution in [0.5, 0.6) is 0 Å². The minimum absolute atomic E-state index is 0.693. The molecule has 0 atom stereocenters. The summed E-state index contributed by atoms with van der Waals surface area (Å²) in [5.41, 5.74) is 6.57. The number of aromatic nitrogens is 2. The molecule has 0 saturated carbocycles. The van der Waals surface area contributed by atoms with E-state index in [-0.39, 0.29) is 0 Å². The fourth-order valence-corrected chi connectivity index (χ4v) is 1.17. The lowest BCUT2D eigenvalue weighted by Crippen LogP contribution is -2.10. The van der Waals surface area contributed by atoms with E-state index in [1.807, 2.05) is 12.4 Å². The number of hydrogen-bond acceptors (Lipinski definition) is 4. The lowest BCUT2D eigenvalue weighted by molar-refractivity contribution is 0.857. The smallest absolute Gasteiger partial charge is 0.222 e. The van der Waals surface area contributed by atoms with Gasteiger partial charge in [0.25, 0.3) is 0 Å².